The van der Waals surface area contributed by atoms with Crippen LogP contribution in [-0.2, 0) is 13.1 Å². The molecular weight excluding hydrogens is 456 g/mol. The van der Waals surface area contributed by atoms with Gasteiger partial charge in [0.1, 0.15) is 5.75 Å². The van der Waals surface area contributed by atoms with Crippen molar-refractivity contribution in [3.05, 3.63) is 81.9 Å². The number of pyridine rings is 1. The average Bonchev–Trinajstić information content (AvgIpc) is 3.31. The zero-order chi connectivity index (χ0) is 25.5. The molecule has 4 aromatic rings. The molecule has 0 fully saturated rings. The van der Waals surface area contributed by atoms with Gasteiger partial charge in [-0.25, -0.2) is 4.68 Å². The number of fused-ring (bicyclic) bond motifs is 1. The van der Waals surface area contributed by atoms with Gasteiger partial charge in [0, 0.05) is 36.2 Å². The van der Waals surface area contributed by atoms with Crippen molar-refractivity contribution in [3.8, 4) is 5.75 Å². The molecule has 0 saturated heterocycles. The fourth-order valence-corrected chi connectivity index (χ4v) is 4.59. The van der Waals surface area contributed by atoms with E-state index in [9.17, 15) is 9.90 Å². The van der Waals surface area contributed by atoms with Crippen LogP contribution in [0.25, 0.3) is 10.9 Å². The summed E-state index contributed by atoms with van der Waals surface area (Å²) >= 11 is 0. The van der Waals surface area contributed by atoms with E-state index in [1.54, 1.807) is 0 Å². The number of aromatic amines is 1. The maximum Gasteiger partial charge on any atom is 0.252 e. The maximum absolute atomic E-state index is 13.0. The number of benzene rings is 2. The molecule has 9 heteroatoms. The molecule has 0 bridgehead atoms. The van der Waals surface area contributed by atoms with Crippen LogP contribution in [0.15, 0.2) is 59.4 Å². The first-order chi connectivity index (χ1) is 17.5. The Kier molecular flexibility index (Phi) is 8.45. The third-order valence-corrected chi connectivity index (χ3v) is 6.20. The monoisotopic (exact) mass is 490 g/mol. The topological polar surface area (TPSA) is 109 Å². The summed E-state index contributed by atoms with van der Waals surface area (Å²) in [5.41, 5.74) is 2.38. The molecular formula is C27H34N6O3. The van der Waals surface area contributed by atoms with Gasteiger partial charge in [-0.15, -0.1) is 5.10 Å². The number of hydrogen-bond donors (Lipinski definition) is 2. The zero-order valence-corrected chi connectivity index (χ0v) is 21.1. The molecule has 1 unspecified atom stereocenters. The van der Waals surface area contributed by atoms with Crippen molar-refractivity contribution in [2.75, 3.05) is 19.8 Å². The fourth-order valence-electron chi connectivity index (χ4n) is 4.59. The van der Waals surface area contributed by atoms with Crippen LogP contribution in [0.2, 0.25) is 0 Å². The number of aromatic nitrogens is 5. The van der Waals surface area contributed by atoms with Gasteiger partial charge in [0.05, 0.1) is 19.2 Å². The molecule has 2 aromatic heterocycles. The Hall–Kier alpha value is -3.56. The van der Waals surface area contributed by atoms with E-state index in [1.165, 1.54) is 0 Å². The molecule has 0 spiro atoms. The molecule has 1 atom stereocenters. The quantitative estimate of drug-likeness (QED) is 0.313. The predicted octanol–water partition coefficient (Wildman–Crippen LogP) is 3.54. The van der Waals surface area contributed by atoms with Crippen LogP contribution in [0.5, 0.6) is 5.75 Å². The lowest BCUT2D eigenvalue weighted by molar-refractivity contribution is 0.122. The zero-order valence-electron chi connectivity index (χ0n) is 21.1. The predicted molar refractivity (Wildman–Crippen MR) is 139 cm³/mol. The molecule has 4 rings (SSSR count). The number of tetrazole rings is 1. The van der Waals surface area contributed by atoms with Crippen LogP contribution in [0, 0.1) is 5.92 Å². The molecule has 9 nitrogen and oxygen atoms in total. The van der Waals surface area contributed by atoms with E-state index >= 15 is 0 Å². The van der Waals surface area contributed by atoms with Crippen LogP contribution in [0.1, 0.15) is 50.2 Å². The van der Waals surface area contributed by atoms with Gasteiger partial charge in [-0.1, -0.05) is 44.2 Å². The lowest BCUT2D eigenvalue weighted by atomic mass is 10.00. The maximum atomic E-state index is 13.0. The van der Waals surface area contributed by atoms with Crippen molar-refractivity contribution in [1.29, 1.82) is 0 Å². The summed E-state index contributed by atoms with van der Waals surface area (Å²) in [6, 6.07) is 17.5. The van der Waals surface area contributed by atoms with E-state index in [4.69, 9.17) is 4.74 Å². The van der Waals surface area contributed by atoms with Crippen LogP contribution < -0.4 is 10.3 Å². The molecule has 0 radical (unpaired) electrons. The number of aliphatic hydroxyl groups is 1. The van der Waals surface area contributed by atoms with Gasteiger partial charge in [-0.2, -0.15) is 0 Å². The third kappa shape index (κ3) is 5.98. The molecule has 0 saturated carbocycles. The molecule has 2 N–H and O–H groups in total. The minimum absolute atomic E-state index is 0.0576. The molecule has 0 aliphatic carbocycles. The van der Waals surface area contributed by atoms with Crippen LogP contribution in [-0.4, -0.2) is 55.0 Å². The first kappa shape index (κ1) is 25.5. The van der Waals surface area contributed by atoms with Gasteiger partial charge in [0.2, 0.25) is 0 Å². The molecule has 0 aliphatic heterocycles. The smallest absolute Gasteiger partial charge is 0.252 e. The second-order valence-electron chi connectivity index (χ2n) is 9.22. The number of H-pyrrole nitrogens is 1. The van der Waals surface area contributed by atoms with Gasteiger partial charge in [-0.3, -0.25) is 9.69 Å². The molecule has 0 aliphatic rings. The van der Waals surface area contributed by atoms with E-state index in [0.717, 1.165) is 28.0 Å². The minimum Gasteiger partial charge on any atom is -0.494 e. The summed E-state index contributed by atoms with van der Waals surface area (Å²) in [4.78, 5) is 18.2. The van der Waals surface area contributed by atoms with E-state index < -0.39 is 0 Å². The Morgan fingerprint density at radius 2 is 1.94 bits per heavy atom. The van der Waals surface area contributed by atoms with Crippen LogP contribution in [0.3, 0.4) is 0 Å². The number of rotatable bonds is 12. The molecule has 2 heterocycles. The summed E-state index contributed by atoms with van der Waals surface area (Å²) in [6.45, 7) is 8.36. The summed E-state index contributed by atoms with van der Waals surface area (Å²) in [6.07, 6.45) is 0.573. The second kappa shape index (κ2) is 11.9. The Bertz CT molecular complexity index is 1320. The fraction of sp³-hybridized carbons (Fsp3) is 0.407. The first-order valence-corrected chi connectivity index (χ1v) is 12.4. The number of hydrogen-bond acceptors (Lipinski definition) is 7. The third-order valence-electron chi connectivity index (χ3n) is 6.20. The Morgan fingerprint density at radius 1 is 1.14 bits per heavy atom. The van der Waals surface area contributed by atoms with Crippen molar-refractivity contribution in [2.24, 2.45) is 5.92 Å². The van der Waals surface area contributed by atoms with Gasteiger partial charge in [-0.05, 0) is 59.5 Å². The summed E-state index contributed by atoms with van der Waals surface area (Å²) in [7, 11) is 0. The van der Waals surface area contributed by atoms with Crippen molar-refractivity contribution in [2.45, 2.75) is 46.3 Å². The molecule has 36 heavy (non-hydrogen) atoms. The van der Waals surface area contributed by atoms with Crippen molar-refractivity contribution in [3.63, 3.8) is 0 Å². The largest absolute Gasteiger partial charge is 0.494 e. The average molecular weight is 491 g/mol. The van der Waals surface area contributed by atoms with Gasteiger partial charge >= 0.3 is 0 Å². The van der Waals surface area contributed by atoms with Gasteiger partial charge in [0.15, 0.2) is 5.82 Å². The Balaban J connectivity index is 1.69. The van der Waals surface area contributed by atoms with Crippen molar-refractivity contribution in [1.82, 2.24) is 30.1 Å². The highest BCUT2D eigenvalue weighted by molar-refractivity contribution is 5.80. The van der Waals surface area contributed by atoms with Gasteiger partial charge in [0.25, 0.3) is 5.56 Å². The lowest BCUT2D eigenvalue weighted by Crippen LogP contribution is -2.36. The second-order valence-corrected chi connectivity index (χ2v) is 9.22. The van der Waals surface area contributed by atoms with Gasteiger partial charge < -0.3 is 14.8 Å². The highest BCUT2D eigenvalue weighted by atomic mass is 16.5. The minimum atomic E-state index is -0.153. The Labute approximate surface area is 210 Å². The summed E-state index contributed by atoms with van der Waals surface area (Å²) in [5, 5.41) is 23.2. The van der Waals surface area contributed by atoms with E-state index in [1.807, 2.05) is 66.2 Å². The van der Waals surface area contributed by atoms with Crippen LogP contribution in [0.4, 0.5) is 0 Å². The molecule has 190 valence electrons. The summed E-state index contributed by atoms with van der Waals surface area (Å²) < 4.78 is 7.47. The summed E-state index contributed by atoms with van der Waals surface area (Å²) in [5.74, 6) is 1.66. The first-order valence-electron chi connectivity index (χ1n) is 12.4. The van der Waals surface area contributed by atoms with Crippen molar-refractivity contribution >= 4 is 10.9 Å². The number of aliphatic hydroxyl groups excluding tert-OH is 1. The van der Waals surface area contributed by atoms with Crippen molar-refractivity contribution < 1.29 is 9.84 Å². The van der Waals surface area contributed by atoms with E-state index in [-0.39, 0.29) is 24.1 Å². The van der Waals surface area contributed by atoms with E-state index in [2.05, 4.69) is 39.3 Å². The van der Waals surface area contributed by atoms with Crippen LogP contribution >= 0.6 is 0 Å². The number of nitrogens with zero attached hydrogens (tertiary/aromatic N) is 5. The molecule has 2 aromatic carbocycles. The SMILES string of the molecule is CCOc1ccc2[nH]c(=O)c(CN(CCCO)C(c3nnnn3Cc3ccccc3)C(C)C)cc2c1. The van der Waals surface area contributed by atoms with E-state index in [0.29, 0.717) is 38.2 Å². The molecule has 0 amide bonds. The lowest BCUT2D eigenvalue weighted by Gasteiger charge is -2.33. The number of ether oxygens (including phenoxy) is 1. The highest BCUT2D eigenvalue weighted by Crippen LogP contribution is 2.29. The Morgan fingerprint density at radius 3 is 2.67 bits per heavy atom. The normalized spacial score (nSPS) is 12.5. The highest BCUT2D eigenvalue weighted by Gasteiger charge is 2.29. The standard InChI is InChI=1S/C27H34N6O3/c1-4-36-23-11-12-24-21(16-23)15-22(27(35)28-24)18-32(13-8-14-34)25(19(2)3)26-29-30-31-33(26)17-20-9-6-5-7-10-20/h5-7,9-12,15-16,19,25,34H,4,8,13-14,17-18H2,1-3H3,(H,28,35). The number of nitrogens with one attached hydrogen (secondary N) is 1.